The summed E-state index contributed by atoms with van der Waals surface area (Å²) in [4.78, 5) is 12.1. The minimum atomic E-state index is 0.0956. The van der Waals surface area contributed by atoms with Gasteiger partial charge in [-0.05, 0) is 43.0 Å². The largest absolute Gasteiger partial charge is 0.330 e. The molecule has 2 aromatic rings. The average Bonchev–Trinajstić information content (AvgIpc) is 2.57. The molecule has 0 heterocycles. The maximum atomic E-state index is 12.1. The highest BCUT2D eigenvalue weighted by Gasteiger charge is 2.07. The highest BCUT2D eigenvalue weighted by molar-refractivity contribution is 5.91. The van der Waals surface area contributed by atoms with Crippen LogP contribution in [0.25, 0.3) is 0 Å². The Hall–Kier alpha value is -2.13. The van der Waals surface area contributed by atoms with E-state index in [1.165, 1.54) is 5.56 Å². The number of anilines is 1. The van der Waals surface area contributed by atoms with E-state index in [1.807, 2.05) is 36.4 Å². The molecule has 3 N–H and O–H groups in total. The standard InChI is InChI=1S/C20H26N2O/c21-15-9-2-1-6-14-20(23)22-19-13-8-7-12-18(19)16-17-10-4-3-5-11-17/h3-5,7-8,10-13H,1-2,6,9,14-16,21H2,(H,22,23). The van der Waals surface area contributed by atoms with E-state index in [1.54, 1.807) is 0 Å². The first-order valence-electron chi connectivity index (χ1n) is 8.41. The second-order valence-electron chi connectivity index (χ2n) is 5.82. The monoisotopic (exact) mass is 310 g/mol. The molecule has 1 amide bonds. The lowest BCUT2D eigenvalue weighted by Gasteiger charge is -2.11. The Balaban J connectivity index is 1.88. The Kier molecular flexibility index (Phi) is 7.34. The average molecular weight is 310 g/mol. The van der Waals surface area contributed by atoms with Crippen molar-refractivity contribution in [2.24, 2.45) is 5.73 Å². The highest BCUT2D eigenvalue weighted by atomic mass is 16.1. The Labute approximate surface area is 138 Å². The maximum absolute atomic E-state index is 12.1. The van der Waals surface area contributed by atoms with Gasteiger partial charge in [0.05, 0.1) is 0 Å². The zero-order chi connectivity index (χ0) is 16.3. The molecule has 0 aliphatic heterocycles. The maximum Gasteiger partial charge on any atom is 0.224 e. The molecule has 3 heteroatoms. The fourth-order valence-corrected chi connectivity index (χ4v) is 2.61. The summed E-state index contributed by atoms with van der Waals surface area (Å²) in [5, 5.41) is 3.06. The molecule has 2 rings (SSSR count). The van der Waals surface area contributed by atoms with E-state index < -0.39 is 0 Å². The summed E-state index contributed by atoms with van der Waals surface area (Å²) in [6, 6.07) is 18.3. The van der Waals surface area contributed by atoms with Crippen molar-refractivity contribution in [1.29, 1.82) is 0 Å². The number of amides is 1. The van der Waals surface area contributed by atoms with Crippen LogP contribution in [0.3, 0.4) is 0 Å². The van der Waals surface area contributed by atoms with Crippen LogP contribution in [0.2, 0.25) is 0 Å². The third kappa shape index (κ3) is 6.25. The quantitative estimate of drug-likeness (QED) is 0.684. The van der Waals surface area contributed by atoms with E-state index in [0.717, 1.165) is 49.9 Å². The molecular formula is C20H26N2O. The number of carbonyl (C=O) groups is 1. The van der Waals surface area contributed by atoms with Gasteiger partial charge in [-0.3, -0.25) is 4.79 Å². The molecule has 122 valence electrons. The zero-order valence-corrected chi connectivity index (χ0v) is 13.6. The van der Waals surface area contributed by atoms with Crippen molar-refractivity contribution in [3.05, 3.63) is 65.7 Å². The van der Waals surface area contributed by atoms with E-state index in [9.17, 15) is 4.79 Å². The highest BCUT2D eigenvalue weighted by Crippen LogP contribution is 2.19. The zero-order valence-electron chi connectivity index (χ0n) is 13.6. The van der Waals surface area contributed by atoms with Crippen LogP contribution in [0.4, 0.5) is 5.69 Å². The number of nitrogens with one attached hydrogen (secondary N) is 1. The Morgan fingerprint density at radius 2 is 1.57 bits per heavy atom. The van der Waals surface area contributed by atoms with Crippen molar-refractivity contribution in [1.82, 2.24) is 0 Å². The van der Waals surface area contributed by atoms with E-state index >= 15 is 0 Å². The summed E-state index contributed by atoms with van der Waals surface area (Å²) >= 11 is 0. The third-order valence-electron chi connectivity index (χ3n) is 3.89. The van der Waals surface area contributed by atoms with Crippen LogP contribution in [0.5, 0.6) is 0 Å². The topological polar surface area (TPSA) is 55.1 Å². The molecule has 3 nitrogen and oxygen atoms in total. The molecule has 0 radical (unpaired) electrons. The molecule has 0 aromatic heterocycles. The molecule has 0 aliphatic rings. The summed E-state index contributed by atoms with van der Waals surface area (Å²) in [5.74, 6) is 0.0956. The number of hydrogen-bond acceptors (Lipinski definition) is 2. The van der Waals surface area contributed by atoms with Gasteiger partial charge in [0.2, 0.25) is 5.91 Å². The number of para-hydroxylation sites is 1. The summed E-state index contributed by atoms with van der Waals surface area (Å²) in [6.07, 6.45) is 5.54. The van der Waals surface area contributed by atoms with Crippen LogP contribution < -0.4 is 11.1 Å². The fourth-order valence-electron chi connectivity index (χ4n) is 2.61. The first kappa shape index (κ1) is 17.2. The van der Waals surface area contributed by atoms with E-state index in [-0.39, 0.29) is 5.91 Å². The molecule has 2 aromatic carbocycles. The Morgan fingerprint density at radius 1 is 0.870 bits per heavy atom. The summed E-state index contributed by atoms with van der Waals surface area (Å²) in [5.41, 5.74) is 8.79. The van der Waals surface area contributed by atoms with Crippen molar-refractivity contribution in [2.45, 2.75) is 38.5 Å². The van der Waals surface area contributed by atoms with Gasteiger partial charge in [-0.1, -0.05) is 61.4 Å². The molecule has 0 saturated heterocycles. The first-order chi connectivity index (χ1) is 11.3. The molecule has 23 heavy (non-hydrogen) atoms. The summed E-state index contributed by atoms with van der Waals surface area (Å²) in [7, 11) is 0. The molecule has 0 spiro atoms. The van der Waals surface area contributed by atoms with Crippen LogP contribution in [0.1, 0.15) is 43.2 Å². The Morgan fingerprint density at radius 3 is 2.35 bits per heavy atom. The first-order valence-corrected chi connectivity index (χ1v) is 8.41. The van der Waals surface area contributed by atoms with Crippen molar-refractivity contribution in [3.63, 3.8) is 0 Å². The van der Waals surface area contributed by atoms with Gasteiger partial charge in [0.25, 0.3) is 0 Å². The van der Waals surface area contributed by atoms with Gasteiger partial charge in [0.1, 0.15) is 0 Å². The number of rotatable bonds is 9. The summed E-state index contributed by atoms with van der Waals surface area (Å²) in [6.45, 7) is 0.735. The second-order valence-corrected chi connectivity index (χ2v) is 5.82. The minimum absolute atomic E-state index is 0.0956. The third-order valence-corrected chi connectivity index (χ3v) is 3.89. The molecule has 0 unspecified atom stereocenters. The number of hydrogen-bond donors (Lipinski definition) is 2. The number of nitrogens with two attached hydrogens (primary N) is 1. The van der Waals surface area contributed by atoms with E-state index in [2.05, 4.69) is 23.5 Å². The van der Waals surface area contributed by atoms with Crippen molar-refractivity contribution in [2.75, 3.05) is 11.9 Å². The van der Waals surface area contributed by atoms with Crippen LogP contribution in [0, 0.1) is 0 Å². The summed E-state index contributed by atoms with van der Waals surface area (Å²) < 4.78 is 0. The van der Waals surface area contributed by atoms with Gasteiger partial charge < -0.3 is 11.1 Å². The molecule has 0 atom stereocenters. The number of benzene rings is 2. The van der Waals surface area contributed by atoms with Crippen LogP contribution in [0.15, 0.2) is 54.6 Å². The van der Waals surface area contributed by atoms with Crippen LogP contribution in [-0.2, 0) is 11.2 Å². The van der Waals surface area contributed by atoms with Crippen molar-refractivity contribution < 1.29 is 4.79 Å². The van der Waals surface area contributed by atoms with Gasteiger partial charge in [-0.2, -0.15) is 0 Å². The van der Waals surface area contributed by atoms with Gasteiger partial charge >= 0.3 is 0 Å². The molecule has 0 aliphatic carbocycles. The minimum Gasteiger partial charge on any atom is -0.330 e. The molecule has 0 fully saturated rings. The lowest BCUT2D eigenvalue weighted by atomic mass is 10.0. The second kappa shape index (κ2) is 9.80. The fraction of sp³-hybridized carbons (Fsp3) is 0.350. The predicted octanol–water partition coefficient (Wildman–Crippen LogP) is 4.13. The van der Waals surface area contributed by atoms with Crippen molar-refractivity contribution in [3.8, 4) is 0 Å². The van der Waals surface area contributed by atoms with Crippen LogP contribution >= 0.6 is 0 Å². The Bertz CT molecular complexity index is 596. The normalized spacial score (nSPS) is 10.5. The van der Waals surface area contributed by atoms with Gasteiger partial charge in [0, 0.05) is 12.1 Å². The lowest BCUT2D eigenvalue weighted by molar-refractivity contribution is -0.116. The van der Waals surface area contributed by atoms with Crippen molar-refractivity contribution >= 4 is 11.6 Å². The smallest absolute Gasteiger partial charge is 0.224 e. The molecular weight excluding hydrogens is 284 g/mol. The van der Waals surface area contributed by atoms with E-state index in [0.29, 0.717) is 6.42 Å². The predicted molar refractivity (Wildman–Crippen MR) is 96.5 cm³/mol. The number of unbranched alkanes of at least 4 members (excludes halogenated alkanes) is 3. The molecule has 0 bridgehead atoms. The lowest BCUT2D eigenvalue weighted by Crippen LogP contribution is -2.12. The van der Waals surface area contributed by atoms with Gasteiger partial charge in [-0.15, -0.1) is 0 Å². The molecule has 0 saturated carbocycles. The SMILES string of the molecule is NCCCCCCC(=O)Nc1ccccc1Cc1ccccc1. The van der Waals surface area contributed by atoms with Crippen LogP contribution in [-0.4, -0.2) is 12.5 Å². The number of carbonyl (C=O) groups excluding carboxylic acids is 1. The van der Waals surface area contributed by atoms with Gasteiger partial charge in [0.15, 0.2) is 0 Å². The van der Waals surface area contributed by atoms with Gasteiger partial charge in [-0.25, -0.2) is 0 Å². The van der Waals surface area contributed by atoms with E-state index in [4.69, 9.17) is 5.73 Å².